The van der Waals surface area contributed by atoms with Crippen LogP contribution < -0.4 is 10.6 Å². The zero-order valence-corrected chi connectivity index (χ0v) is 22.0. The van der Waals surface area contributed by atoms with E-state index in [0.717, 1.165) is 5.69 Å². The fraction of sp³-hybridized carbons (Fsp3) is 0.135. The number of rotatable bonds is 5. The molecule has 1 fully saturated rings. The van der Waals surface area contributed by atoms with Crippen molar-refractivity contribution in [3.05, 3.63) is 161 Å². The summed E-state index contributed by atoms with van der Waals surface area (Å²) >= 11 is 0. The van der Waals surface area contributed by atoms with E-state index in [2.05, 4.69) is 132 Å². The van der Waals surface area contributed by atoms with Crippen LogP contribution in [0.5, 0.6) is 0 Å². The van der Waals surface area contributed by atoms with Gasteiger partial charge in [-0.1, -0.05) is 110 Å². The van der Waals surface area contributed by atoms with Crippen LogP contribution in [0.4, 0.5) is 17.1 Å². The highest BCUT2D eigenvalue weighted by atomic mass is 15.2. The molecule has 2 heteroatoms. The number of nitrogens with zero attached hydrogens (tertiary/aromatic N) is 1. The van der Waals surface area contributed by atoms with Gasteiger partial charge in [0, 0.05) is 29.0 Å². The summed E-state index contributed by atoms with van der Waals surface area (Å²) in [5, 5.41) is 0. The maximum atomic E-state index is 6.21. The van der Waals surface area contributed by atoms with Crippen molar-refractivity contribution in [2.75, 3.05) is 10.6 Å². The van der Waals surface area contributed by atoms with Gasteiger partial charge in [-0.2, -0.15) is 0 Å². The van der Waals surface area contributed by atoms with Crippen LogP contribution in [0.15, 0.2) is 133 Å². The highest BCUT2D eigenvalue weighted by Crippen LogP contribution is 2.52. The van der Waals surface area contributed by atoms with Gasteiger partial charge in [-0.05, 0) is 82.1 Å². The van der Waals surface area contributed by atoms with Gasteiger partial charge >= 0.3 is 0 Å². The highest BCUT2D eigenvalue weighted by molar-refractivity contribution is 6.04. The first-order valence-corrected chi connectivity index (χ1v) is 14.0. The van der Waals surface area contributed by atoms with Crippen LogP contribution in [0.1, 0.15) is 53.0 Å². The van der Waals surface area contributed by atoms with Crippen LogP contribution in [0.2, 0.25) is 0 Å². The molecule has 2 aliphatic rings. The van der Waals surface area contributed by atoms with Gasteiger partial charge in [0.15, 0.2) is 0 Å². The summed E-state index contributed by atoms with van der Waals surface area (Å²) in [6, 6.07) is 48.5. The Morgan fingerprint density at radius 3 is 1.62 bits per heavy atom. The third-order valence-corrected chi connectivity index (χ3v) is 8.39. The number of fused-ring (bicyclic) bond motifs is 3. The van der Waals surface area contributed by atoms with Gasteiger partial charge in [0.2, 0.25) is 0 Å². The fourth-order valence-corrected chi connectivity index (χ4v) is 6.72. The molecule has 1 saturated carbocycles. The van der Waals surface area contributed by atoms with Crippen LogP contribution in [0, 0.1) is 0 Å². The topological polar surface area (TPSA) is 29.3 Å². The third kappa shape index (κ3) is 4.23. The summed E-state index contributed by atoms with van der Waals surface area (Å²) in [6.07, 6.45) is 3.74. The first-order chi connectivity index (χ1) is 19.3. The summed E-state index contributed by atoms with van der Waals surface area (Å²) in [6.45, 7) is 0. The number of benzene rings is 5. The molecule has 1 aliphatic carbocycles. The van der Waals surface area contributed by atoms with Crippen LogP contribution >= 0.6 is 0 Å². The average Bonchev–Trinajstić information content (AvgIpc) is 3.59. The van der Waals surface area contributed by atoms with Crippen molar-refractivity contribution in [1.29, 1.82) is 0 Å². The molecule has 190 valence electrons. The lowest BCUT2D eigenvalue weighted by Crippen LogP contribution is -2.26. The molecular formula is C37H32N2. The predicted octanol–water partition coefficient (Wildman–Crippen LogP) is 9.06. The van der Waals surface area contributed by atoms with E-state index in [-0.39, 0.29) is 0 Å². The van der Waals surface area contributed by atoms with Gasteiger partial charge in [0.25, 0.3) is 0 Å². The number of hydrogen-bond acceptors (Lipinski definition) is 2. The third-order valence-electron chi connectivity index (χ3n) is 8.39. The first kappa shape index (κ1) is 23.5. The molecule has 0 amide bonds. The molecule has 2 atom stereocenters. The predicted molar refractivity (Wildman–Crippen MR) is 164 cm³/mol. The molecule has 0 saturated heterocycles. The summed E-state index contributed by atoms with van der Waals surface area (Å²) < 4.78 is 0. The first-order valence-electron chi connectivity index (χ1n) is 14.0. The lowest BCUT2D eigenvalue weighted by atomic mass is 9.86. The maximum Gasteiger partial charge on any atom is 0.0451 e. The average molecular weight is 505 g/mol. The Kier molecular flexibility index (Phi) is 6.01. The van der Waals surface area contributed by atoms with E-state index in [4.69, 9.17) is 5.73 Å². The molecule has 2 unspecified atom stereocenters. The minimum Gasteiger partial charge on any atom is -0.399 e. The van der Waals surface area contributed by atoms with E-state index in [9.17, 15) is 0 Å². The zero-order chi connectivity index (χ0) is 26.2. The van der Waals surface area contributed by atoms with E-state index < -0.39 is 0 Å². The standard InChI is InChI=1S/C37H32N2/c38-30-21-24-35-33(25-30)32-17-10-18-34(32)39(35)31-22-19-29(20-23-31)37(28-15-8-3-9-16-28)36(26-11-4-1-5-12-26)27-13-6-2-7-14-27/h1-9,11-16,19-25,32,34H,10,17-18,38H2. The molecule has 1 aliphatic heterocycles. The second-order valence-corrected chi connectivity index (χ2v) is 10.7. The highest BCUT2D eigenvalue weighted by Gasteiger charge is 2.42. The molecule has 0 bridgehead atoms. The molecule has 0 aromatic heterocycles. The van der Waals surface area contributed by atoms with Crippen LogP contribution in [-0.2, 0) is 0 Å². The Hall–Kier alpha value is -4.56. The molecule has 5 aromatic rings. The van der Waals surface area contributed by atoms with E-state index >= 15 is 0 Å². The molecule has 1 heterocycles. The number of nitrogens with two attached hydrogens (primary N) is 1. The van der Waals surface area contributed by atoms with E-state index in [1.807, 2.05) is 6.07 Å². The Morgan fingerprint density at radius 1 is 0.564 bits per heavy atom. The van der Waals surface area contributed by atoms with E-state index in [1.54, 1.807) is 0 Å². The summed E-state index contributed by atoms with van der Waals surface area (Å²) in [5.41, 5.74) is 18.4. The van der Waals surface area contributed by atoms with Crippen molar-refractivity contribution in [2.24, 2.45) is 0 Å². The fourth-order valence-electron chi connectivity index (χ4n) is 6.72. The number of nitrogen functional groups attached to an aromatic ring is 1. The second-order valence-electron chi connectivity index (χ2n) is 10.7. The van der Waals surface area contributed by atoms with Gasteiger partial charge in [0.05, 0.1) is 0 Å². The minimum absolute atomic E-state index is 0.515. The number of anilines is 3. The summed E-state index contributed by atoms with van der Waals surface area (Å²) in [5.74, 6) is 0.575. The molecule has 2 nitrogen and oxygen atoms in total. The van der Waals surface area contributed by atoms with E-state index in [0.29, 0.717) is 12.0 Å². The van der Waals surface area contributed by atoms with Crippen LogP contribution in [-0.4, -0.2) is 6.04 Å². The van der Waals surface area contributed by atoms with Crippen LogP contribution in [0.25, 0.3) is 11.1 Å². The molecule has 39 heavy (non-hydrogen) atoms. The summed E-state index contributed by atoms with van der Waals surface area (Å²) in [7, 11) is 0. The molecular weight excluding hydrogens is 472 g/mol. The normalized spacial score (nSPS) is 17.5. The van der Waals surface area contributed by atoms with Crippen molar-refractivity contribution in [2.45, 2.75) is 31.2 Å². The van der Waals surface area contributed by atoms with Gasteiger partial charge in [-0.15, -0.1) is 0 Å². The van der Waals surface area contributed by atoms with Crippen molar-refractivity contribution >= 4 is 28.2 Å². The Balaban J connectivity index is 1.39. The smallest absolute Gasteiger partial charge is 0.0451 e. The van der Waals surface area contributed by atoms with Gasteiger partial charge in [-0.25, -0.2) is 0 Å². The van der Waals surface area contributed by atoms with Crippen molar-refractivity contribution in [3.63, 3.8) is 0 Å². The van der Waals surface area contributed by atoms with Crippen molar-refractivity contribution < 1.29 is 0 Å². The SMILES string of the molecule is Nc1ccc2c(c1)C1CCCC1N2c1ccc(C(=C(c2ccccc2)c2ccccc2)c2ccccc2)cc1. The van der Waals surface area contributed by atoms with E-state index in [1.165, 1.54) is 69.6 Å². The molecule has 2 N–H and O–H groups in total. The van der Waals surface area contributed by atoms with Crippen LogP contribution in [0.3, 0.4) is 0 Å². The largest absolute Gasteiger partial charge is 0.399 e. The quantitative estimate of drug-likeness (QED) is 0.191. The molecule has 0 radical (unpaired) electrons. The van der Waals surface area contributed by atoms with Gasteiger partial charge < -0.3 is 10.6 Å². The van der Waals surface area contributed by atoms with Gasteiger partial charge in [-0.3, -0.25) is 0 Å². The summed E-state index contributed by atoms with van der Waals surface area (Å²) in [4.78, 5) is 2.57. The van der Waals surface area contributed by atoms with Crippen molar-refractivity contribution in [3.8, 4) is 0 Å². The zero-order valence-electron chi connectivity index (χ0n) is 22.0. The monoisotopic (exact) mass is 504 g/mol. The minimum atomic E-state index is 0.515. The Bertz CT molecular complexity index is 1580. The van der Waals surface area contributed by atoms with Crippen molar-refractivity contribution in [1.82, 2.24) is 0 Å². The molecule has 7 rings (SSSR count). The maximum absolute atomic E-state index is 6.21. The second kappa shape index (κ2) is 9.96. The lowest BCUT2D eigenvalue weighted by molar-refractivity contribution is 0.642. The number of hydrogen-bond donors (Lipinski definition) is 1. The molecule has 0 spiro atoms. The van der Waals surface area contributed by atoms with Gasteiger partial charge in [0.1, 0.15) is 0 Å². The Labute approximate surface area is 231 Å². The lowest BCUT2D eigenvalue weighted by Gasteiger charge is -2.27. The molecule has 5 aromatic carbocycles. The Morgan fingerprint density at radius 2 is 1.08 bits per heavy atom.